The first-order valence-electron chi connectivity index (χ1n) is 7.81. The van der Waals surface area contributed by atoms with Crippen LogP contribution in [0.3, 0.4) is 0 Å². The van der Waals surface area contributed by atoms with Gasteiger partial charge in [-0.3, -0.25) is 4.79 Å². The van der Waals surface area contributed by atoms with Crippen molar-refractivity contribution < 1.29 is 9.90 Å². The van der Waals surface area contributed by atoms with Crippen molar-refractivity contribution in [3.05, 3.63) is 34.9 Å². The van der Waals surface area contributed by atoms with Crippen molar-refractivity contribution in [3.8, 4) is 0 Å². The Morgan fingerprint density at radius 2 is 1.85 bits per heavy atom. The van der Waals surface area contributed by atoms with Crippen molar-refractivity contribution in [1.82, 2.24) is 0 Å². The number of aliphatic hydroxyl groups excluding tert-OH is 1. The molecule has 0 unspecified atom stereocenters. The third-order valence-electron chi connectivity index (χ3n) is 4.08. The smallest absolute Gasteiger partial charge is 0.166 e. The SMILES string of the molecule is CCCc1ccc(C)c(C(=O)C2CCCCC2)c1.CO. The largest absolute Gasteiger partial charge is 0.400 e. The average molecular weight is 276 g/mol. The summed E-state index contributed by atoms with van der Waals surface area (Å²) in [6.45, 7) is 4.24. The molecule has 0 aliphatic heterocycles. The lowest BCUT2D eigenvalue weighted by molar-refractivity contribution is 0.0889. The van der Waals surface area contributed by atoms with Crippen LogP contribution < -0.4 is 0 Å². The molecule has 0 aromatic heterocycles. The Morgan fingerprint density at radius 3 is 2.45 bits per heavy atom. The lowest BCUT2D eigenvalue weighted by atomic mass is 9.82. The first kappa shape index (κ1) is 16.9. The lowest BCUT2D eigenvalue weighted by Crippen LogP contribution is -2.19. The Hall–Kier alpha value is -1.15. The highest BCUT2D eigenvalue weighted by molar-refractivity contribution is 5.99. The Balaban J connectivity index is 0.000000956. The molecule has 2 heteroatoms. The van der Waals surface area contributed by atoms with Gasteiger partial charge in [-0.2, -0.15) is 0 Å². The number of carbonyl (C=O) groups is 1. The fourth-order valence-corrected chi connectivity index (χ4v) is 2.96. The quantitative estimate of drug-likeness (QED) is 0.832. The molecule has 112 valence electrons. The molecule has 1 saturated carbocycles. The number of rotatable bonds is 4. The minimum absolute atomic E-state index is 0.286. The van der Waals surface area contributed by atoms with Crippen molar-refractivity contribution in [1.29, 1.82) is 0 Å². The second-order valence-electron chi connectivity index (χ2n) is 5.60. The van der Waals surface area contributed by atoms with Gasteiger partial charge in [-0.1, -0.05) is 44.7 Å². The van der Waals surface area contributed by atoms with E-state index in [1.54, 1.807) is 0 Å². The first-order valence-corrected chi connectivity index (χ1v) is 7.81. The van der Waals surface area contributed by atoms with Crippen LogP contribution in [0, 0.1) is 12.8 Å². The van der Waals surface area contributed by atoms with E-state index in [1.165, 1.54) is 24.8 Å². The fourth-order valence-electron chi connectivity index (χ4n) is 2.96. The van der Waals surface area contributed by atoms with Crippen LogP contribution in [-0.2, 0) is 6.42 Å². The van der Waals surface area contributed by atoms with E-state index in [1.807, 2.05) is 0 Å². The van der Waals surface area contributed by atoms with Gasteiger partial charge in [0.05, 0.1) is 0 Å². The minimum Gasteiger partial charge on any atom is -0.400 e. The number of Topliss-reactive ketones (excluding diaryl/α,β-unsaturated/α-hetero) is 1. The van der Waals surface area contributed by atoms with E-state index in [-0.39, 0.29) is 5.92 Å². The molecule has 1 fully saturated rings. The van der Waals surface area contributed by atoms with E-state index in [2.05, 4.69) is 32.0 Å². The molecular formula is C18H28O2. The minimum atomic E-state index is 0.286. The number of benzene rings is 1. The Kier molecular flexibility index (Phi) is 7.53. The maximum Gasteiger partial charge on any atom is 0.166 e. The highest BCUT2D eigenvalue weighted by Crippen LogP contribution is 2.28. The summed E-state index contributed by atoms with van der Waals surface area (Å²) in [4.78, 5) is 12.6. The molecule has 0 atom stereocenters. The van der Waals surface area contributed by atoms with Gasteiger partial charge in [0, 0.05) is 18.6 Å². The molecule has 0 bridgehead atoms. The predicted molar refractivity (Wildman–Crippen MR) is 84.2 cm³/mol. The van der Waals surface area contributed by atoms with Gasteiger partial charge in [0.2, 0.25) is 0 Å². The van der Waals surface area contributed by atoms with Gasteiger partial charge in [0.25, 0.3) is 0 Å². The molecule has 0 heterocycles. The Morgan fingerprint density at radius 1 is 1.20 bits per heavy atom. The number of aryl methyl sites for hydroxylation is 2. The summed E-state index contributed by atoms with van der Waals surface area (Å²) in [6.07, 6.45) is 8.16. The lowest BCUT2D eigenvalue weighted by Gasteiger charge is -2.21. The molecule has 1 aromatic carbocycles. The topological polar surface area (TPSA) is 37.3 Å². The van der Waals surface area contributed by atoms with Crippen LogP contribution >= 0.6 is 0 Å². The van der Waals surface area contributed by atoms with Crippen LogP contribution in [0.15, 0.2) is 18.2 Å². The summed E-state index contributed by atoms with van der Waals surface area (Å²) >= 11 is 0. The number of hydrogen-bond acceptors (Lipinski definition) is 2. The molecule has 0 spiro atoms. The third kappa shape index (κ3) is 4.45. The Bertz CT molecular complexity index is 417. The van der Waals surface area contributed by atoms with Gasteiger partial charge in [-0.05, 0) is 43.4 Å². The average Bonchev–Trinajstić information content (AvgIpc) is 2.52. The van der Waals surface area contributed by atoms with Crippen molar-refractivity contribution in [2.75, 3.05) is 7.11 Å². The molecule has 1 N–H and O–H groups in total. The van der Waals surface area contributed by atoms with Crippen molar-refractivity contribution in [2.45, 2.75) is 58.8 Å². The monoisotopic (exact) mass is 276 g/mol. The molecule has 20 heavy (non-hydrogen) atoms. The van der Waals surface area contributed by atoms with Crippen molar-refractivity contribution >= 4 is 5.78 Å². The van der Waals surface area contributed by atoms with E-state index in [0.717, 1.165) is 43.9 Å². The van der Waals surface area contributed by atoms with E-state index < -0.39 is 0 Å². The van der Waals surface area contributed by atoms with Gasteiger partial charge in [-0.15, -0.1) is 0 Å². The van der Waals surface area contributed by atoms with Gasteiger partial charge in [-0.25, -0.2) is 0 Å². The normalized spacial score (nSPS) is 15.4. The maximum absolute atomic E-state index is 12.6. The zero-order valence-corrected chi connectivity index (χ0v) is 13.1. The summed E-state index contributed by atoms with van der Waals surface area (Å²) < 4.78 is 0. The molecule has 1 aromatic rings. The maximum atomic E-state index is 12.6. The molecule has 0 radical (unpaired) electrons. The van der Waals surface area contributed by atoms with E-state index in [0.29, 0.717) is 5.78 Å². The predicted octanol–water partition coefficient (Wildman–Crippen LogP) is 4.32. The number of carbonyl (C=O) groups excluding carboxylic acids is 1. The third-order valence-corrected chi connectivity index (χ3v) is 4.08. The van der Waals surface area contributed by atoms with Crippen LogP contribution in [0.1, 0.15) is 66.9 Å². The molecule has 0 amide bonds. The molecule has 0 saturated heterocycles. The van der Waals surface area contributed by atoms with E-state index in [4.69, 9.17) is 5.11 Å². The first-order chi connectivity index (χ1) is 9.72. The second-order valence-corrected chi connectivity index (χ2v) is 5.60. The van der Waals surface area contributed by atoms with Crippen LogP contribution in [0.4, 0.5) is 0 Å². The highest BCUT2D eigenvalue weighted by Gasteiger charge is 2.23. The van der Waals surface area contributed by atoms with Crippen LogP contribution in [-0.4, -0.2) is 18.0 Å². The van der Waals surface area contributed by atoms with E-state index in [9.17, 15) is 4.79 Å². The number of ketones is 1. The van der Waals surface area contributed by atoms with Crippen molar-refractivity contribution in [3.63, 3.8) is 0 Å². The molecule has 1 aliphatic rings. The van der Waals surface area contributed by atoms with Crippen LogP contribution in [0.25, 0.3) is 0 Å². The highest BCUT2D eigenvalue weighted by atomic mass is 16.2. The standard InChI is InChI=1S/C17H24O.CH4O/c1-3-7-14-11-10-13(2)16(12-14)17(18)15-8-5-4-6-9-15;1-2/h10-12,15H,3-9H2,1-2H3;2H,1H3. The fraction of sp³-hybridized carbons (Fsp3) is 0.611. The second kappa shape index (κ2) is 8.91. The van der Waals surface area contributed by atoms with Crippen LogP contribution in [0.2, 0.25) is 0 Å². The van der Waals surface area contributed by atoms with E-state index >= 15 is 0 Å². The Labute approximate surface area is 123 Å². The van der Waals surface area contributed by atoms with Gasteiger partial charge in [0.15, 0.2) is 5.78 Å². The van der Waals surface area contributed by atoms with Crippen molar-refractivity contribution in [2.24, 2.45) is 5.92 Å². The summed E-state index contributed by atoms with van der Waals surface area (Å²) in [7, 11) is 1.00. The molecule has 2 rings (SSSR count). The zero-order valence-electron chi connectivity index (χ0n) is 13.1. The molecule has 2 nitrogen and oxygen atoms in total. The molecule has 1 aliphatic carbocycles. The zero-order chi connectivity index (χ0) is 15.0. The summed E-state index contributed by atoms with van der Waals surface area (Å²) in [5.74, 6) is 0.680. The summed E-state index contributed by atoms with van der Waals surface area (Å²) in [5.41, 5.74) is 3.43. The summed E-state index contributed by atoms with van der Waals surface area (Å²) in [5, 5.41) is 7.00. The van der Waals surface area contributed by atoms with Gasteiger partial charge < -0.3 is 5.11 Å². The van der Waals surface area contributed by atoms with Gasteiger partial charge >= 0.3 is 0 Å². The molecular weight excluding hydrogens is 248 g/mol. The van der Waals surface area contributed by atoms with Crippen LogP contribution in [0.5, 0.6) is 0 Å². The summed E-state index contributed by atoms with van der Waals surface area (Å²) in [6, 6.07) is 6.41. The van der Waals surface area contributed by atoms with Gasteiger partial charge in [0.1, 0.15) is 0 Å². The number of aliphatic hydroxyl groups is 1. The number of hydrogen-bond donors (Lipinski definition) is 1.